The standard InChI is InChI=1S/C9H9F3O/c1-5(9(12)13)6-2-3-7(10)8(11)4-6/h2-5,9,13H,1H3/t5-,9+/m1/s1. The minimum absolute atomic E-state index is 0.230. The monoisotopic (exact) mass is 190 g/mol. The zero-order valence-corrected chi connectivity index (χ0v) is 6.97. The summed E-state index contributed by atoms with van der Waals surface area (Å²) >= 11 is 0. The molecular formula is C9H9F3O. The SMILES string of the molecule is C[C@H](c1ccc(F)c(F)c1)[C@H](O)F. The van der Waals surface area contributed by atoms with Crippen LogP contribution in [0.5, 0.6) is 0 Å². The second kappa shape index (κ2) is 3.79. The fourth-order valence-corrected chi connectivity index (χ4v) is 0.954. The van der Waals surface area contributed by atoms with Gasteiger partial charge in [-0.3, -0.25) is 0 Å². The third-order valence-electron chi connectivity index (χ3n) is 1.88. The smallest absolute Gasteiger partial charge is 0.202 e. The van der Waals surface area contributed by atoms with Crippen molar-refractivity contribution in [2.24, 2.45) is 0 Å². The van der Waals surface area contributed by atoms with Crippen molar-refractivity contribution < 1.29 is 18.3 Å². The van der Waals surface area contributed by atoms with E-state index in [0.29, 0.717) is 0 Å². The van der Waals surface area contributed by atoms with Gasteiger partial charge in [0.1, 0.15) is 0 Å². The lowest BCUT2D eigenvalue weighted by Gasteiger charge is -2.11. The average molecular weight is 190 g/mol. The number of aliphatic hydroxyl groups excluding tert-OH is 1. The topological polar surface area (TPSA) is 20.2 Å². The summed E-state index contributed by atoms with van der Waals surface area (Å²) in [5.74, 6) is -2.87. The minimum Gasteiger partial charge on any atom is -0.364 e. The van der Waals surface area contributed by atoms with E-state index in [-0.39, 0.29) is 5.56 Å². The molecule has 0 heterocycles. The third-order valence-corrected chi connectivity index (χ3v) is 1.88. The number of rotatable bonds is 2. The molecule has 0 aliphatic rings. The molecule has 4 heteroatoms. The Hall–Kier alpha value is -1.03. The van der Waals surface area contributed by atoms with E-state index in [9.17, 15) is 13.2 Å². The van der Waals surface area contributed by atoms with E-state index in [2.05, 4.69) is 0 Å². The maximum Gasteiger partial charge on any atom is 0.202 e. The second-order valence-electron chi connectivity index (χ2n) is 2.83. The van der Waals surface area contributed by atoms with Gasteiger partial charge in [-0.2, -0.15) is 0 Å². The number of halogens is 3. The predicted octanol–water partition coefficient (Wildman–Crippen LogP) is 2.36. The summed E-state index contributed by atoms with van der Waals surface area (Å²) in [5.41, 5.74) is 0.230. The third kappa shape index (κ3) is 2.21. The van der Waals surface area contributed by atoms with Crippen LogP contribution in [0.15, 0.2) is 18.2 Å². The lowest BCUT2D eigenvalue weighted by molar-refractivity contribution is 0.0215. The van der Waals surface area contributed by atoms with E-state index in [1.807, 2.05) is 0 Å². The molecule has 1 aromatic carbocycles. The van der Waals surface area contributed by atoms with Gasteiger partial charge in [0.25, 0.3) is 0 Å². The molecule has 0 aliphatic carbocycles. The van der Waals surface area contributed by atoms with E-state index in [0.717, 1.165) is 12.1 Å². The molecule has 0 unspecified atom stereocenters. The molecule has 0 fully saturated rings. The van der Waals surface area contributed by atoms with Crippen molar-refractivity contribution in [3.63, 3.8) is 0 Å². The summed E-state index contributed by atoms with van der Waals surface area (Å²) in [4.78, 5) is 0. The zero-order chi connectivity index (χ0) is 10.0. The first-order valence-electron chi connectivity index (χ1n) is 3.79. The van der Waals surface area contributed by atoms with Crippen LogP contribution in [0.25, 0.3) is 0 Å². The maximum absolute atomic E-state index is 12.6. The quantitative estimate of drug-likeness (QED) is 0.758. The molecule has 0 aromatic heterocycles. The van der Waals surface area contributed by atoms with Gasteiger partial charge in [-0.25, -0.2) is 13.2 Å². The predicted molar refractivity (Wildman–Crippen MR) is 41.9 cm³/mol. The van der Waals surface area contributed by atoms with Gasteiger partial charge in [0.15, 0.2) is 11.6 Å². The Balaban J connectivity index is 2.97. The van der Waals surface area contributed by atoms with Crippen molar-refractivity contribution in [2.75, 3.05) is 0 Å². The summed E-state index contributed by atoms with van der Waals surface area (Å²) < 4.78 is 37.4. The Morgan fingerprint density at radius 2 is 1.85 bits per heavy atom. The molecule has 1 nitrogen and oxygen atoms in total. The van der Waals surface area contributed by atoms with Crippen molar-refractivity contribution in [2.45, 2.75) is 19.2 Å². The Morgan fingerprint density at radius 3 is 2.31 bits per heavy atom. The largest absolute Gasteiger partial charge is 0.364 e. The Morgan fingerprint density at radius 1 is 1.23 bits per heavy atom. The van der Waals surface area contributed by atoms with Crippen LogP contribution in [0.4, 0.5) is 13.2 Å². The van der Waals surface area contributed by atoms with Crippen molar-refractivity contribution in [1.29, 1.82) is 0 Å². The molecule has 72 valence electrons. The summed E-state index contributed by atoms with van der Waals surface area (Å²) in [7, 11) is 0. The number of hydrogen-bond acceptors (Lipinski definition) is 1. The molecule has 1 N–H and O–H groups in total. The highest BCUT2D eigenvalue weighted by molar-refractivity contribution is 5.21. The van der Waals surface area contributed by atoms with Crippen LogP contribution >= 0.6 is 0 Å². The van der Waals surface area contributed by atoms with Gasteiger partial charge < -0.3 is 5.11 Å². The van der Waals surface area contributed by atoms with E-state index >= 15 is 0 Å². The first-order valence-corrected chi connectivity index (χ1v) is 3.79. The summed E-state index contributed by atoms with van der Waals surface area (Å²) in [5, 5.41) is 8.55. The van der Waals surface area contributed by atoms with E-state index in [1.165, 1.54) is 13.0 Å². The Kier molecular flexibility index (Phi) is 2.93. The van der Waals surface area contributed by atoms with Crippen LogP contribution < -0.4 is 0 Å². The van der Waals surface area contributed by atoms with Crippen LogP contribution in [0, 0.1) is 11.6 Å². The molecule has 13 heavy (non-hydrogen) atoms. The van der Waals surface area contributed by atoms with Gasteiger partial charge in [-0.1, -0.05) is 13.0 Å². The maximum atomic E-state index is 12.6. The lowest BCUT2D eigenvalue weighted by Crippen LogP contribution is -2.09. The number of hydrogen-bond donors (Lipinski definition) is 1. The van der Waals surface area contributed by atoms with Gasteiger partial charge in [0, 0.05) is 5.92 Å². The molecule has 0 saturated heterocycles. The minimum atomic E-state index is -2.06. The lowest BCUT2D eigenvalue weighted by atomic mass is 10.0. The molecular weight excluding hydrogens is 181 g/mol. The Labute approximate surface area is 73.8 Å². The highest BCUT2D eigenvalue weighted by atomic mass is 19.2. The summed E-state index contributed by atoms with van der Waals surface area (Å²) in [6.07, 6.45) is -2.06. The molecule has 1 rings (SSSR count). The van der Waals surface area contributed by atoms with E-state index in [4.69, 9.17) is 5.11 Å². The molecule has 2 atom stereocenters. The molecule has 0 aliphatic heterocycles. The fourth-order valence-electron chi connectivity index (χ4n) is 0.954. The van der Waals surface area contributed by atoms with Crippen molar-refractivity contribution >= 4 is 0 Å². The van der Waals surface area contributed by atoms with E-state index in [1.54, 1.807) is 0 Å². The van der Waals surface area contributed by atoms with Crippen LogP contribution in [0.2, 0.25) is 0 Å². The van der Waals surface area contributed by atoms with Crippen LogP contribution in [-0.2, 0) is 0 Å². The van der Waals surface area contributed by atoms with E-state index < -0.39 is 23.9 Å². The molecule has 0 radical (unpaired) electrons. The normalized spacial score (nSPS) is 15.5. The van der Waals surface area contributed by atoms with Crippen molar-refractivity contribution in [1.82, 2.24) is 0 Å². The molecule has 0 spiro atoms. The molecule has 0 saturated carbocycles. The fraction of sp³-hybridized carbons (Fsp3) is 0.333. The number of aliphatic hydroxyl groups is 1. The van der Waals surface area contributed by atoms with Crippen molar-refractivity contribution in [3.8, 4) is 0 Å². The first-order chi connectivity index (χ1) is 6.02. The van der Waals surface area contributed by atoms with Crippen molar-refractivity contribution in [3.05, 3.63) is 35.4 Å². The number of alkyl halides is 1. The van der Waals surface area contributed by atoms with Crippen LogP contribution in [0.1, 0.15) is 18.4 Å². The van der Waals surface area contributed by atoms with Gasteiger partial charge in [-0.05, 0) is 17.7 Å². The highest BCUT2D eigenvalue weighted by Gasteiger charge is 2.16. The van der Waals surface area contributed by atoms with Gasteiger partial charge >= 0.3 is 0 Å². The van der Waals surface area contributed by atoms with Crippen LogP contribution in [-0.4, -0.2) is 11.5 Å². The average Bonchev–Trinajstić information content (AvgIpc) is 2.08. The Bertz CT molecular complexity index is 299. The molecule has 1 aromatic rings. The van der Waals surface area contributed by atoms with Gasteiger partial charge in [-0.15, -0.1) is 0 Å². The van der Waals surface area contributed by atoms with Gasteiger partial charge in [0.2, 0.25) is 6.36 Å². The van der Waals surface area contributed by atoms with Gasteiger partial charge in [0.05, 0.1) is 0 Å². The summed E-state index contributed by atoms with van der Waals surface area (Å²) in [6, 6.07) is 3.03. The highest BCUT2D eigenvalue weighted by Crippen LogP contribution is 2.21. The zero-order valence-electron chi connectivity index (χ0n) is 6.97. The van der Waals surface area contributed by atoms with Crippen LogP contribution in [0.3, 0.4) is 0 Å². The second-order valence-corrected chi connectivity index (χ2v) is 2.83. The summed E-state index contributed by atoms with van der Waals surface area (Å²) in [6.45, 7) is 1.39. The molecule has 0 bridgehead atoms. The first kappa shape index (κ1) is 10.1. The number of benzene rings is 1. The molecule has 0 amide bonds.